The Morgan fingerprint density at radius 3 is 2.56 bits per heavy atom. The summed E-state index contributed by atoms with van der Waals surface area (Å²) >= 11 is 5.77. The molecule has 0 aromatic heterocycles. The molecule has 0 unspecified atom stereocenters. The number of unbranched alkanes of at least 4 members (excludes halogenated alkanes) is 2. The van der Waals surface area contributed by atoms with Gasteiger partial charge in [-0.2, -0.15) is 0 Å². The highest BCUT2D eigenvalue weighted by Gasteiger charge is 1.90. The molecule has 0 bridgehead atoms. The topological polar surface area (TPSA) is 9.23 Å². The van der Waals surface area contributed by atoms with E-state index in [1.165, 1.54) is 0 Å². The molecule has 16 heavy (non-hydrogen) atoms. The normalized spacial score (nSPS) is 10.6. The van der Waals surface area contributed by atoms with Crippen LogP contribution in [-0.2, 0) is 0 Å². The maximum atomic E-state index is 5.77. The van der Waals surface area contributed by atoms with E-state index in [4.69, 9.17) is 16.3 Å². The van der Waals surface area contributed by atoms with Crippen molar-refractivity contribution >= 4 is 11.6 Å². The summed E-state index contributed by atoms with van der Waals surface area (Å²) in [5.74, 6) is 0.847. The number of hydrogen-bond acceptors (Lipinski definition) is 1. The van der Waals surface area contributed by atoms with Crippen molar-refractivity contribution in [1.29, 1.82) is 0 Å². The van der Waals surface area contributed by atoms with Gasteiger partial charge in [-0.1, -0.05) is 29.8 Å². The van der Waals surface area contributed by atoms with Gasteiger partial charge in [0.15, 0.2) is 0 Å². The van der Waals surface area contributed by atoms with Gasteiger partial charge in [-0.3, -0.25) is 0 Å². The van der Waals surface area contributed by atoms with Crippen molar-refractivity contribution < 1.29 is 4.74 Å². The molecule has 0 N–H and O–H groups in total. The molecule has 2 heteroatoms. The first-order valence-electron chi connectivity index (χ1n) is 5.47. The summed E-state index contributed by atoms with van der Waals surface area (Å²) in [6, 6.07) is 7.39. The Balaban J connectivity index is 2.15. The van der Waals surface area contributed by atoms with E-state index in [-0.39, 0.29) is 0 Å². The van der Waals surface area contributed by atoms with Crippen molar-refractivity contribution in [3.05, 3.63) is 54.1 Å². The van der Waals surface area contributed by atoms with Gasteiger partial charge in [0.1, 0.15) is 12.4 Å². The molecule has 1 nitrogen and oxygen atoms in total. The van der Waals surface area contributed by atoms with E-state index in [1.54, 1.807) is 0 Å². The highest BCUT2D eigenvalue weighted by molar-refractivity contribution is 6.30. The van der Waals surface area contributed by atoms with Crippen LogP contribution in [0.4, 0.5) is 0 Å². The van der Waals surface area contributed by atoms with Gasteiger partial charge in [0.25, 0.3) is 0 Å². The summed E-state index contributed by atoms with van der Waals surface area (Å²) in [6.07, 6.45) is 9.43. The van der Waals surface area contributed by atoms with Crippen LogP contribution in [0.5, 0.6) is 5.75 Å². The molecule has 0 aliphatic heterocycles. The lowest BCUT2D eigenvalue weighted by Gasteiger charge is -2.02. The van der Waals surface area contributed by atoms with Gasteiger partial charge >= 0.3 is 0 Å². The monoisotopic (exact) mass is 236 g/mol. The summed E-state index contributed by atoms with van der Waals surface area (Å²) in [5.41, 5.74) is 0. The van der Waals surface area contributed by atoms with E-state index < -0.39 is 0 Å². The fourth-order valence-corrected chi connectivity index (χ4v) is 1.37. The third kappa shape index (κ3) is 5.62. The van der Waals surface area contributed by atoms with Crippen LogP contribution in [0.1, 0.15) is 19.3 Å². The zero-order valence-electron chi connectivity index (χ0n) is 9.36. The number of halogens is 1. The van der Waals surface area contributed by atoms with Crippen molar-refractivity contribution in [2.24, 2.45) is 0 Å². The summed E-state index contributed by atoms with van der Waals surface area (Å²) in [6.45, 7) is 4.29. The average Bonchev–Trinajstić information content (AvgIpc) is 2.30. The summed E-state index contributed by atoms with van der Waals surface area (Å²) in [7, 11) is 0. The molecule has 1 rings (SSSR count). The first-order chi connectivity index (χ1) is 7.83. The standard InChI is InChI=1S/C14H17ClO/c1-2-3-4-5-6-7-12-16-14-10-8-13(15)9-11-14/h2,6-11H,1,3-5,12H2. The molecular formula is C14H17ClO. The average molecular weight is 237 g/mol. The van der Waals surface area contributed by atoms with Crippen LogP contribution < -0.4 is 4.74 Å². The van der Waals surface area contributed by atoms with Crippen molar-refractivity contribution in [1.82, 2.24) is 0 Å². The number of rotatable bonds is 7. The van der Waals surface area contributed by atoms with E-state index in [0.29, 0.717) is 6.61 Å². The fourth-order valence-electron chi connectivity index (χ4n) is 1.24. The SMILES string of the molecule is C=CCCCC=CCOc1ccc(Cl)cc1. The van der Waals surface area contributed by atoms with Crippen LogP contribution in [0.2, 0.25) is 5.02 Å². The molecule has 0 spiro atoms. The van der Waals surface area contributed by atoms with Gasteiger partial charge in [-0.25, -0.2) is 0 Å². The smallest absolute Gasteiger partial charge is 0.119 e. The lowest BCUT2D eigenvalue weighted by Crippen LogP contribution is -1.92. The van der Waals surface area contributed by atoms with E-state index in [2.05, 4.69) is 12.7 Å². The van der Waals surface area contributed by atoms with Crippen molar-refractivity contribution in [2.75, 3.05) is 6.61 Å². The van der Waals surface area contributed by atoms with Crippen LogP contribution in [-0.4, -0.2) is 6.61 Å². The third-order valence-corrected chi connectivity index (χ3v) is 2.36. The highest BCUT2D eigenvalue weighted by Crippen LogP contribution is 2.15. The summed E-state index contributed by atoms with van der Waals surface area (Å²) in [4.78, 5) is 0. The molecular weight excluding hydrogens is 220 g/mol. The van der Waals surface area contributed by atoms with Gasteiger partial charge in [0, 0.05) is 5.02 Å². The molecule has 0 saturated carbocycles. The molecule has 0 amide bonds. The van der Waals surface area contributed by atoms with Crippen molar-refractivity contribution in [3.8, 4) is 5.75 Å². The molecule has 0 fully saturated rings. The van der Waals surface area contributed by atoms with Crippen LogP contribution in [0.15, 0.2) is 49.1 Å². The summed E-state index contributed by atoms with van der Waals surface area (Å²) in [5, 5.41) is 0.729. The Morgan fingerprint density at radius 2 is 1.88 bits per heavy atom. The third-order valence-electron chi connectivity index (χ3n) is 2.11. The van der Waals surface area contributed by atoms with E-state index in [0.717, 1.165) is 30.0 Å². The van der Waals surface area contributed by atoms with Gasteiger partial charge < -0.3 is 4.74 Å². The molecule has 0 radical (unpaired) electrons. The van der Waals surface area contributed by atoms with Gasteiger partial charge in [0.2, 0.25) is 0 Å². The molecule has 86 valence electrons. The van der Waals surface area contributed by atoms with E-state index in [1.807, 2.05) is 36.4 Å². The number of hydrogen-bond donors (Lipinski definition) is 0. The maximum absolute atomic E-state index is 5.77. The summed E-state index contributed by atoms with van der Waals surface area (Å²) < 4.78 is 5.50. The Morgan fingerprint density at radius 1 is 1.12 bits per heavy atom. The quantitative estimate of drug-likeness (QED) is 0.495. The van der Waals surface area contributed by atoms with Crippen LogP contribution >= 0.6 is 11.6 Å². The minimum absolute atomic E-state index is 0.607. The molecule has 0 saturated heterocycles. The number of benzene rings is 1. The second-order valence-electron chi connectivity index (χ2n) is 3.46. The lowest BCUT2D eigenvalue weighted by atomic mass is 10.2. The minimum Gasteiger partial charge on any atom is -0.490 e. The molecule has 0 aliphatic rings. The van der Waals surface area contributed by atoms with Crippen molar-refractivity contribution in [3.63, 3.8) is 0 Å². The molecule has 1 aromatic rings. The Kier molecular flexibility index (Phi) is 6.43. The first kappa shape index (κ1) is 12.9. The highest BCUT2D eigenvalue weighted by atomic mass is 35.5. The van der Waals surface area contributed by atoms with E-state index in [9.17, 15) is 0 Å². The molecule has 0 heterocycles. The Hall–Kier alpha value is -1.21. The van der Waals surface area contributed by atoms with E-state index >= 15 is 0 Å². The maximum Gasteiger partial charge on any atom is 0.119 e. The Bertz CT molecular complexity index is 327. The van der Waals surface area contributed by atoms with Crippen molar-refractivity contribution in [2.45, 2.75) is 19.3 Å². The largest absolute Gasteiger partial charge is 0.490 e. The zero-order chi connectivity index (χ0) is 11.6. The van der Waals surface area contributed by atoms with Crippen LogP contribution in [0, 0.1) is 0 Å². The van der Waals surface area contributed by atoms with Crippen LogP contribution in [0.3, 0.4) is 0 Å². The predicted molar refractivity (Wildman–Crippen MR) is 70.1 cm³/mol. The Labute approximate surface area is 102 Å². The molecule has 0 atom stereocenters. The number of ether oxygens (including phenoxy) is 1. The van der Waals surface area contributed by atoms with Crippen LogP contribution in [0.25, 0.3) is 0 Å². The molecule has 0 aliphatic carbocycles. The second-order valence-corrected chi connectivity index (χ2v) is 3.89. The van der Waals surface area contributed by atoms with Gasteiger partial charge in [0.05, 0.1) is 0 Å². The lowest BCUT2D eigenvalue weighted by molar-refractivity contribution is 0.362. The first-order valence-corrected chi connectivity index (χ1v) is 5.85. The zero-order valence-corrected chi connectivity index (χ0v) is 10.1. The second kappa shape index (κ2) is 8.00. The predicted octanol–water partition coefficient (Wildman–Crippen LogP) is 4.63. The number of allylic oxidation sites excluding steroid dienone is 2. The minimum atomic E-state index is 0.607. The molecule has 1 aromatic carbocycles. The van der Waals surface area contributed by atoms with Gasteiger partial charge in [-0.05, 0) is 43.5 Å². The fraction of sp³-hybridized carbons (Fsp3) is 0.286. The van der Waals surface area contributed by atoms with Gasteiger partial charge in [-0.15, -0.1) is 6.58 Å².